The summed E-state index contributed by atoms with van der Waals surface area (Å²) in [7, 11) is 0. The number of rotatable bonds is 5. The molecule has 0 unspecified atom stereocenters. The van der Waals surface area contributed by atoms with Gasteiger partial charge in [-0.2, -0.15) is 0 Å². The minimum Gasteiger partial charge on any atom is -0.451 e. The molecule has 0 saturated heterocycles. The summed E-state index contributed by atoms with van der Waals surface area (Å²) in [6.45, 7) is 4.75. The van der Waals surface area contributed by atoms with Crippen LogP contribution in [0.3, 0.4) is 0 Å². The molecule has 0 bridgehead atoms. The zero-order valence-electron chi connectivity index (χ0n) is 15.8. The number of esters is 1. The molecular weight excluding hydrogens is 360 g/mol. The lowest BCUT2D eigenvalue weighted by molar-refractivity contribution is -0.156. The number of carbonyl (C=O) groups is 4. The van der Waals surface area contributed by atoms with Crippen molar-refractivity contribution in [3.05, 3.63) is 65.2 Å². The van der Waals surface area contributed by atoms with Crippen LogP contribution < -0.4 is 5.32 Å². The van der Waals surface area contributed by atoms with Crippen LogP contribution in [0.1, 0.15) is 40.1 Å². The third kappa shape index (κ3) is 3.64. The maximum atomic E-state index is 12.5. The number of ether oxygens (including phenoxy) is 1. The van der Waals surface area contributed by atoms with Gasteiger partial charge in [0.15, 0.2) is 6.10 Å². The smallest absolute Gasteiger partial charge is 0.329 e. The Morgan fingerprint density at radius 2 is 1.46 bits per heavy atom. The van der Waals surface area contributed by atoms with Crippen molar-refractivity contribution in [1.29, 1.82) is 0 Å². The van der Waals surface area contributed by atoms with Crippen LogP contribution in [0.15, 0.2) is 48.5 Å². The van der Waals surface area contributed by atoms with Gasteiger partial charge in [-0.1, -0.05) is 29.8 Å². The number of hydrogen-bond acceptors (Lipinski definition) is 5. The molecule has 2 aromatic rings. The molecular formula is C21H20N2O5. The Morgan fingerprint density at radius 1 is 0.929 bits per heavy atom. The van der Waals surface area contributed by atoms with Crippen LogP contribution in [0.2, 0.25) is 0 Å². The highest BCUT2D eigenvalue weighted by molar-refractivity contribution is 6.22. The number of hydrogen-bond donors (Lipinski definition) is 1. The molecule has 1 aliphatic rings. The van der Waals surface area contributed by atoms with Gasteiger partial charge in [-0.05, 0) is 45.0 Å². The molecule has 0 radical (unpaired) electrons. The molecule has 0 fully saturated rings. The van der Waals surface area contributed by atoms with Gasteiger partial charge in [-0.3, -0.25) is 19.3 Å². The number of aryl methyl sites for hydroxylation is 1. The van der Waals surface area contributed by atoms with Gasteiger partial charge < -0.3 is 10.1 Å². The van der Waals surface area contributed by atoms with E-state index in [1.807, 2.05) is 19.1 Å². The summed E-state index contributed by atoms with van der Waals surface area (Å²) in [6, 6.07) is 12.4. The largest absolute Gasteiger partial charge is 0.451 e. The minimum atomic E-state index is -1.15. The molecule has 1 heterocycles. The molecule has 0 aliphatic carbocycles. The Kier molecular flexibility index (Phi) is 5.26. The molecule has 2 aromatic carbocycles. The highest BCUT2D eigenvalue weighted by Crippen LogP contribution is 2.25. The normalized spacial score (nSPS) is 15.0. The SMILES string of the molecule is Cc1ccc(NC(=O)[C@@H](C)OC(=O)[C@H](C)N2C(=O)c3ccccc3C2=O)cc1. The Balaban J connectivity index is 1.64. The van der Waals surface area contributed by atoms with E-state index < -0.39 is 35.8 Å². The van der Waals surface area contributed by atoms with Crippen LogP contribution in [0, 0.1) is 6.92 Å². The van der Waals surface area contributed by atoms with Gasteiger partial charge >= 0.3 is 5.97 Å². The summed E-state index contributed by atoms with van der Waals surface area (Å²) in [5.74, 6) is -2.45. The zero-order chi connectivity index (χ0) is 20.4. The van der Waals surface area contributed by atoms with Crippen LogP contribution >= 0.6 is 0 Å². The van der Waals surface area contributed by atoms with Gasteiger partial charge in [0.1, 0.15) is 6.04 Å². The first-order valence-corrected chi connectivity index (χ1v) is 8.84. The van der Waals surface area contributed by atoms with E-state index in [4.69, 9.17) is 4.74 Å². The second-order valence-corrected chi connectivity index (χ2v) is 6.64. The van der Waals surface area contributed by atoms with E-state index in [9.17, 15) is 19.2 Å². The van der Waals surface area contributed by atoms with Gasteiger partial charge in [-0.25, -0.2) is 4.79 Å². The molecule has 0 saturated carbocycles. The van der Waals surface area contributed by atoms with E-state index in [-0.39, 0.29) is 11.1 Å². The van der Waals surface area contributed by atoms with Gasteiger partial charge in [0.05, 0.1) is 11.1 Å². The summed E-state index contributed by atoms with van der Waals surface area (Å²) in [4.78, 5) is 50.5. The summed E-state index contributed by atoms with van der Waals surface area (Å²) < 4.78 is 5.18. The molecule has 7 nitrogen and oxygen atoms in total. The molecule has 3 rings (SSSR count). The predicted octanol–water partition coefficient (Wildman–Crippen LogP) is 2.55. The molecule has 0 aromatic heterocycles. The van der Waals surface area contributed by atoms with E-state index >= 15 is 0 Å². The number of nitrogens with zero attached hydrogens (tertiary/aromatic N) is 1. The van der Waals surface area contributed by atoms with Crippen molar-refractivity contribution in [3.8, 4) is 0 Å². The topological polar surface area (TPSA) is 92.8 Å². The van der Waals surface area contributed by atoms with Gasteiger partial charge in [-0.15, -0.1) is 0 Å². The number of nitrogens with one attached hydrogen (secondary N) is 1. The number of amides is 3. The molecule has 7 heteroatoms. The molecule has 0 spiro atoms. The van der Waals surface area contributed by atoms with Gasteiger partial charge in [0.2, 0.25) is 0 Å². The highest BCUT2D eigenvalue weighted by Gasteiger charge is 2.41. The lowest BCUT2D eigenvalue weighted by Crippen LogP contribution is -2.45. The van der Waals surface area contributed by atoms with Gasteiger partial charge in [0.25, 0.3) is 17.7 Å². The maximum absolute atomic E-state index is 12.5. The average molecular weight is 380 g/mol. The van der Waals surface area contributed by atoms with Crippen LogP contribution in [0.5, 0.6) is 0 Å². The van der Waals surface area contributed by atoms with Crippen LogP contribution in [-0.4, -0.2) is 40.7 Å². The number of benzene rings is 2. The van der Waals surface area contributed by atoms with Crippen LogP contribution in [0.25, 0.3) is 0 Å². The van der Waals surface area contributed by atoms with E-state index in [2.05, 4.69) is 5.32 Å². The number of fused-ring (bicyclic) bond motifs is 1. The minimum absolute atomic E-state index is 0.248. The Labute approximate surface area is 162 Å². The fourth-order valence-corrected chi connectivity index (χ4v) is 2.87. The first-order chi connectivity index (χ1) is 13.3. The fraction of sp³-hybridized carbons (Fsp3) is 0.238. The van der Waals surface area contributed by atoms with Gasteiger partial charge in [0, 0.05) is 5.69 Å². The summed E-state index contributed by atoms with van der Waals surface area (Å²) >= 11 is 0. The van der Waals surface area contributed by atoms with Crippen molar-refractivity contribution < 1.29 is 23.9 Å². The predicted molar refractivity (Wildman–Crippen MR) is 102 cm³/mol. The number of carbonyl (C=O) groups excluding carboxylic acids is 4. The summed E-state index contributed by atoms with van der Waals surface area (Å²) in [6.07, 6.45) is -1.09. The third-order valence-corrected chi connectivity index (χ3v) is 4.54. The Morgan fingerprint density at radius 3 is 2.00 bits per heavy atom. The van der Waals surface area contributed by atoms with Crippen molar-refractivity contribution in [2.75, 3.05) is 5.32 Å². The second kappa shape index (κ2) is 7.64. The van der Waals surface area contributed by atoms with Crippen molar-refractivity contribution in [2.24, 2.45) is 0 Å². The summed E-state index contributed by atoms with van der Waals surface area (Å²) in [5.41, 5.74) is 2.12. The highest BCUT2D eigenvalue weighted by atomic mass is 16.5. The molecule has 2 atom stereocenters. The lowest BCUT2D eigenvalue weighted by Gasteiger charge is -2.22. The zero-order valence-corrected chi connectivity index (χ0v) is 15.8. The Hall–Kier alpha value is -3.48. The first-order valence-electron chi connectivity index (χ1n) is 8.84. The van der Waals surface area contributed by atoms with Crippen molar-refractivity contribution in [3.63, 3.8) is 0 Å². The second-order valence-electron chi connectivity index (χ2n) is 6.64. The maximum Gasteiger partial charge on any atom is 0.329 e. The summed E-state index contributed by atoms with van der Waals surface area (Å²) in [5, 5.41) is 2.65. The molecule has 3 amide bonds. The van der Waals surface area contributed by atoms with Crippen LogP contribution in [0.4, 0.5) is 5.69 Å². The monoisotopic (exact) mass is 380 g/mol. The molecule has 144 valence electrons. The Bertz CT molecular complexity index is 917. The van der Waals surface area contributed by atoms with E-state index in [1.165, 1.54) is 26.0 Å². The molecule has 28 heavy (non-hydrogen) atoms. The molecule has 1 aliphatic heterocycles. The molecule has 1 N–H and O–H groups in total. The quantitative estimate of drug-likeness (QED) is 0.636. The van der Waals surface area contributed by atoms with Crippen molar-refractivity contribution in [1.82, 2.24) is 4.90 Å². The standard InChI is InChI=1S/C21H20N2O5/c1-12-8-10-15(11-9-12)22-18(24)14(3)28-21(27)13(2)23-19(25)16-6-4-5-7-17(16)20(23)26/h4-11,13-14H,1-3H3,(H,22,24)/t13-,14+/m0/s1. The van der Waals surface area contributed by atoms with E-state index in [0.29, 0.717) is 5.69 Å². The number of imide groups is 1. The number of anilines is 1. The van der Waals surface area contributed by atoms with E-state index in [1.54, 1.807) is 24.3 Å². The first kappa shape index (κ1) is 19.3. The third-order valence-electron chi connectivity index (χ3n) is 4.54. The fourth-order valence-electron chi connectivity index (χ4n) is 2.87. The van der Waals surface area contributed by atoms with E-state index in [0.717, 1.165) is 10.5 Å². The van der Waals surface area contributed by atoms with Crippen molar-refractivity contribution >= 4 is 29.4 Å². The van der Waals surface area contributed by atoms with Crippen LogP contribution in [-0.2, 0) is 14.3 Å². The van der Waals surface area contributed by atoms with Crippen molar-refractivity contribution in [2.45, 2.75) is 32.9 Å². The lowest BCUT2D eigenvalue weighted by atomic mass is 10.1. The average Bonchev–Trinajstić information content (AvgIpc) is 2.93.